The largest absolute Gasteiger partial charge is 0.489 e. The van der Waals surface area contributed by atoms with E-state index < -0.39 is 0 Å². The highest BCUT2D eigenvalue weighted by Gasteiger charge is 2.10. The van der Waals surface area contributed by atoms with E-state index in [9.17, 15) is 4.79 Å². The molecule has 0 aliphatic carbocycles. The minimum Gasteiger partial charge on any atom is -0.489 e. The molecule has 0 atom stereocenters. The van der Waals surface area contributed by atoms with Crippen molar-refractivity contribution in [3.8, 4) is 11.4 Å². The molecule has 0 unspecified atom stereocenters. The third-order valence-electron chi connectivity index (χ3n) is 4.95. The van der Waals surface area contributed by atoms with Crippen LogP contribution in [0.2, 0.25) is 0 Å². The zero-order valence-electron chi connectivity index (χ0n) is 17.2. The van der Waals surface area contributed by atoms with Crippen LogP contribution in [0.25, 0.3) is 5.69 Å². The summed E-state index contributed by atoms with van der Waals surface area (Å²) in [4.78, 5) is 12.6. The molecule has 154 valence electrons. The molecule has 0 bridgehead atoms. The molecular weight excluding hydrogens is 386 g/mol. The summed E-state index contributed by atoms with van der Waals surface area (Å²) in [6, 6.07) is 27.0. The fourth-order valence-corrected chi connectivity index (χ4v) is 3.19. The highest BCUT2D eigenvalue weighted by atomic mass is 16.5. The maximum absolute atomic E-state index is 12.6. The second kappa shape index (κ2) is 9.59. The van der Waals surface area contributed by atoms with Gasteiger partial charge in [0, 0.05) is 12.4 Å². The number of carbonyl (C=O) groups excluding carboxylic acids is 1. The molecule has 0 saturated heterocycles. The van der Waals surface area contributed by atoms with Gasteiger partial charge in [0.1, 0.15) is 12.4 Å². The lowest BCUT2D eigenvalue weighted by molar-refractivity contribution is 0.0955. The van der Waals surface area contributed by atoms with Crippen molar-refractivity contribution < 1.29 is 9.53 Å². The first-order chi connectivity index (χ1) is 15.2. The summed E-state index contributed by atoms with van der Waals surface area (Å²) in [6.45, 7) is 2.60. The van der Waals surface area contributed by atoms with Crippen LogP contribution in [0.5, 0.6) is 5.75 Å². The Morgan fingerprint density at radius 3 is 2.42 bits per heavy atom. The first-order valence-electron chi connectivity index (χ1n) is 10.0. The monoisotopic (exact) mass is 409 g/mol. The van der Waals surface area contributed by atoms with Gasteiger partial charge in [-0.25, -0.2) is 5.43 Å². The van der Waals surface area contributed by atoms with Crippen molar-refractivity contribution in [3.05, 3.63) is 120 Å². The predicted molar refractivity (Wildman–Crippen MR) is 123 cm³/mol. The molecule has 4 aromatic rings. The highest BCUT2D eigenvalue weighted by molar-refractivity contribution is 5.98. The van der Waals surface area contributed by atoms with Gasteiger partial charge in [0.15, 0.2) is 0 Å². The summed E-state index contributed by atoms with van der Waals surface area (Å²) in [6.07, 6.45) is 5.41. The van der Waals surface area contributed by atoms with Crippen molar-refractivity contribution >= 4 is 12.1 Å². The zero-order valence-corrected chi connectivity index (χ0v) is 17.2. The van der Waals surface area contributed by atoms with Gasteiger partial charge in [0.2, 0.25) is 0 Å². The molecule has 1 N–H and O–H groups in total. The van der Waals surface area contributed by atoms with Crippen LogP contribution in [0, 0.1) is 6.92 Å². The first-order valence-corrected chi connectivity index (χ1v) is 10.0. The topological polar surface area (TPSA) is 55.6 Å². The Morgan fingerprint density at radius 1 is 0.935 bits per heavy atom. The fraction of sp³-hybridized carbons (Fsp3) is 0.0769. The summed E-state index contributed by atoms with van der Waals surface area (Å²) in [5, 5.41) is 4.10. The molecule has 4 rings (SSSR count). The number of carbonyl (C=O) groups is 1. The Balaban J connectivity index is 1.35. The van der Waals surface area contributed by atoms with Crippen LogP contribution in [-0.4, -0.2) is 16.7 Å². The molecule has 1 amide bonds. The maximum atomic E-state index is 12.6. The second-order valence-electron chi connectivity index (χ2n) is 7.09. The van der Waals surface area contributed by atoms with Crippen LogP contribution < -0.4 is 10.2 Å². The lowest BCUT2D eigenvalue weighted by Crippen LogP contribution is -2.19. The number of aromatic nitrogens is 1. The molecule has 0 fully saturated rings. The van der Waals surface area contributed by atoms with E-state index in [1.54, 1.807) is 12.3 Å². The number of para-hydroxylation sites is 1. The van der Waals surface area contributed by atoms with Gasteiger partial charge in [-0.15, -0.1) is 0 Å². The number of ether oxygens (including phenoxy) is 1. The van der Waals surface area contributed by atoms with Crippen LogP contribution in [0.15, 0.2) is 102 Å². The average Bonchev–Trinajstić information content (AvgIpc) is 3.34. The molecule has 0 spiro atoms. The quantitative estimate of drug-likeness (QED) is 0.340. The van der Waals surface area contributed by atoms with E-state index in [-0.39, 0.29) is 5.91 Å². The molecule has 3 aromatic carbocycles. The van der Waals surface area contributed by atoms with Gasteiger partial charge in [-0.05, 0) is 72.1 Å². The summed E-state index contributed by atoms with van der Waals surface area (Å²) in [5.74, 6) is 0.517. The SMILES string of the molecule is Cc1ccccc1COc1ccc(/C=N/NC(=O)c2ccccc2-n2cccc2)cc1. The van der Waals surface area contributed by atoms with Gasteiger partial charge in [0.25, 0.3) is 5.91 Å². The molecule has 31 heavy (non-hydrogen) atoms. The second-order valence-corrected chi connectivity index (χ2v) is 7.09. The molecular formula is C26H23N3O2. The van der Waals surface area contributed by atoms with Gasteiger partial charge >= 0.3 is 0 Å². The van der Waals surface area contributed by atoms with Gasteiger partial charge in [-0.2, -0.15) is 5.10 Å². The average molecular weight is 409 g/mol. The Morgan fingerprint density at radius 2 is 1.65 bits per heavy atom. The molecule has 1 aromatic heterocycles. The zero-order chi connectivity index (χ0) is 21.5. The van der Waals surface area contributed by atoms with E-state index in [0.29, 0.717) is 12.2 Å². The summed E-state index contributed by atoms with van der Waals surface area (Å²) < 4.78 is 7.76. The van der Waals surface area contributed by atoms with Crippen LogP contribution in [-0.2, 0) is 6.61 Å². The third kappa shape index (κ3) is 5.08. The Bertz CT molecular complexity index is 1180. The number of hydrogen-bond donors (Lipinski definition) is 1. The smallest absolute Gasteiger partial charge is 0.273 e. The lowest BCUT2D eigenvalue weighted by atomic mass is 10.1. The minimum atomic E-state index is -0.265. The van der Waals surface area contributed by atoms with Crippen molar-refractivity contribution in [2.45, 2.75) is 13.5 Å². The molecule has 0 radical (unpaired) electrons. The molecule has 5 heteroatoms. The summed E-state index contributed by atoms with van der Waals surface area (Å²) >= 11 is 0. The van der Waals surface area contributed by atoms with E-state index in [1.807, 2.05) is 83.7 Å². The number of nitrogens with zero attached hydrogens (tertiary/aromatic N) is 2. The number of hydrogen-bond acceptors (Lipinski definition) is 3. The van der Waals surface area contributed by atoms with Gasteiger partial charge < -0.3 is 9.30 Å². The number of hydrazone groups is 1. The van der Waals surface area contributed by atoms with Crippen LogP contribution in [0.3, 0.4) is 0 Å². The van der Waals surface area contributed by atoms with Crippen molar-refractivity contribution in [2.24, 2.45) is 5.10 Å². The third-order valence-corrected chi connectivity index (χ3v) is 4.95. The van der Waals surface area contributed by atoms with E-state index in [0.717, 1.165) is 22.6 Å². The Labute approximate surface area is 181 Å². The minimum absolute atomic E-state index is 0.265. The number of benzene rings is 3. The van der Waals surface area contributed by atoms with E-state index in [4.69, 9.17) is 4.74 Å². The fourth-order valence-electron chi connectivity index (χ4n) is 3.19. The summed E-state index contributed by atoms with van der Waals surface area (Å²) in [5.41, 5.74) is 7.19. The van der Waals surface area contributed by atoms with E-state index >= 15 is 0 Å². The van der Waals surface area contributed by atoms with E-state index in [1.165, 1.54) is 5.56 Å². The molecule has 1 heterocycles. The van der Waals surface area contributed by atoms with Crippen LogP contribution in [0.4, 0.5) is 0 Å². The number of aryl methyl sites for hydroxylation is 1. The number of nitrogens with one attached hydrogen (secondary N) is 1. The van der Waals surface area contributed by atoms with Crippen molar-refractivity contribution in [1.29, 1.82) is 0 Å². The van der Waals surface area contributed by atoms with Crippen molar-refractivity contribution in [3.63, 3.8) is 0 Å². The summed E-state index contributed by atoms with van der Waals surface area (Å²) in [7, 11) is 0. The first kappa shape index (κ1) is 20.2. The predicted octanol–water partition coefficient (Wildman–Crippen LogP) is 5.13. The number of rotatable bonds is 7. The van der Waals surface area contributed by atoms with Crippen LogP contribution >= 0.6 is 0 Å². The molecule has 5 nitrogen and oxygen atoms in total. The number of amides is 1. The molecule has 0 aliphatic rings. The van der Waals surface area contributed by atoms with Crippen molar-refractivity contribution in [2.75, 3.05) is 0 Å². The van der Waals surface area contributed by atoms with Gasteiger partial charge in [0.05, 0.1) is 17.5 Å². The normalized spacial score (nSPS) is 10.9. The Kier molecular flexibility index (Phi) is 6.24. The van der Waals surface area contributed by atoms with Crippen LogP contribution in [0.1, 0.15) is 27.0 Å². The van der Waals surface area contributed by atoms with E-state index in [2.05, 4.69) is 29.6 Å². The van der Waals surface area contributed by atoms with Crippen molar-refractivity contribution in [1.82, 2.24) is 9.99 Å². The van der Waals surface area contributed by atoms with Gasteiger partial charge in [-0.3, -0.25) is 4.79 Å². The molecule has 0 aliphatic heterocycles. The molecule has 0 saturated carbocycles. The maximum Gasteiger partial charge on any atom is 0.273 e. The van der Waals surface area contributed by atoms with Gasteiger partial charge in [-0.1, -0.05) is 36.4 Å². The lowest BCUT2D eigenvalue weighted by Gasteiger charge is -2.09. The highest BCUT2D eigenvalue weighted by Crippen LogP contribution is 2.16. The Hall–Kier alpha value is -4.12. The standard InChI is InChI=1S/C26H23N3O2/c1-20-8-2-3-9-22(20)19-31-23-14-12-21(13-15-23)18-27-28-26(30)24-10-4-5-11-25(24)29-16-6-7-17-29/h2-18H,19H2,1H3,(H,28,30)/b27-18+.